The van der Waals surface area contributed by atoms with Crippen molar-refractivity contribution in [1.82, 2.24) is 0 Å². The fraction of sp³-hybridized carbons (Fsp3) is 0.571. The van der Waals surface area contributed by atoms with Crippen LogP contribution >= 0.6 is 8.25 Å². The van der Waals surface area contributed by atoms with Gasteiger partial charge in [-0.3, -0.25) is 0 Å². The van der Waals surface area contributed by atoms with Gasteiger partial charge in [-0.15, -0.1) is 4.52 Å². The maximum Gasteiger partial charge on any atom is 0.753 e. The SMILES string of the molecule is CC=CC(=O)O[P+](=O)OCCCO. The second-order valence-electron chi connectivity index (χ2n) is 2.04. The molecule has 13 heavy (non-hydrogen) atoms. The lowest BCUT2D eigenvalue weighted by Crippen LogP contribution is -1.96. The van der Waals surface area contributed by atoms with Crippen molar-refractivity contribution < 1.29 is 23.5 Å². The van der Waals surface area contributed by atoms with Crippen LogP contribution in [0.15, 0.2) is 12.2 Å². The second kappa shape index (κ2) is 7.86. The molecule has 5 nitrogen and oxygen atoms in total. The number of carbonyl (C=O) groups excluding carboxylic acids is 1. The van der Waals surface area contributed by atoms with E-state index in [-0.39, 0.29) is 13.2 Å². The molecule has 74 valence electrons. The zero-order chi connectivity index (χ0) is 10.1. The Bertz CT molecular complexity index is 201. The molecular formula is C7H12O5P+. The van der Waals surface area contributed by atoms with E-state index in [4.69, 9.17) is 5.11 Å². The minimum atomic E-state index is -2.41. The number of hydrogen-bond acceptors (Lipinski definition) is 5. The molecule has 0 radical (unpaired) electrons. The Kier molecular flexibility index (Phi) is 7.39. The minimum absolute atomic E-state index is 0.0496. The highest BCUT2D eigenvalue weighted by Gasteiger charge is 2.23. The van der Waals surface area contributed by atoms with Crippen molar-refractivity contribution >= 4 is 14.2 Å². The van der Waals surface area contributed by atoms with Gasteiger partial charge in [0.25, 0.3) is 0 Å². The largest absolute Gasteiger partial charge is 0.753 e. The Hall–Kier alpha value is -0.770. The van der Waals surface area contributed by atoms with Crippen LogP contribution in [0.5, 0.6) is 0 Å². The summed E-state index contributed by atoms with van der Waals surface area (Å²) in [4.78, 5) is 10.7. The topological polar surface area (TPSA) is 72.8 Å². The van der Waals surface area contributed by atoms with Gasteiger partial charge in [0.2, 0.25) is 0 Å². The molecule has 1 N–H and O–H groups in total. The molecule has 0 aromatic carbocycles. The van der Waals surface area contributed by atoms with Crippen molar-refractivity contribution in [3.63, 3.8) is 0 Å². The molecular weight excluding hydrogens is 195 g/mol. The summed E-state index contributed by atoms with van der Waals surface area (Å²) in [6.07, 6.45) is 2.98. The van der Waals surface area contributed by atoms with Crippen molar-refractivity contribution in [2.24, 2.45) is 0 Å². The number of rotatable bonds is 6. The molecule has 0 aliphatic carbocycles. The highest BCUT2D eigenvalue weighted by molar-refractivity contribution is 7.34. The van der Waals surface area contributed by atoms with E-state index in [1.54, 1.807) is 6.92 Å². The van der Waals surface area contributed by atoms with E-state index in [1.165, 1.54) is 6.08 Å². The third-order valence-corrected chi connectivity index (χ3v) is 1.69. The van der Waals surface area contributed by atoms with Crippen LogP contribution in [0.3, 0.4) is 0 Å². The lowest BCUT2D eigenvalue weighted by Gasteiger charge is -1.87. The summed E-state index contributed by atoms with van der Waals surface area (Å²) in [5.74, 6) is -0.701. The number of carbonyl (C=O) groups is 1. The van der Waals surface area contributed by atoms with Crippen LogP contribution in [-0.4, -0.2) is 24.3 Å². The van der Waals surface area contributed by atoms with Gasteiger partial charge in [-0.25, -0.2) is 4.79 Å². The van der Waals surface area contributed by atoms with Gasteiger partial charge in [0.05, 0.1) is 0 Å². The fourth-order valence-electron chi connectivity index (χ4n) is 0.470. The third kappa shape index (κ3) is 7.59. The Labute approximate surface area is 77.3 Å². The van der Waals surface area contributed by atoms with Gasteiger partial charge in [-0.05, 0) is 13.3 Å². The van der Waals surface area contributed by atoms with Crippen LogP contribution in [-0.2, 0) is 18.4 Å². The number of aliphatic hydroxyl groups excluding tert-OH is 1. The summed E-state index contributed by atoms with van der Waals surface area (Å²) in [5, 5.41) is 8.35. The highest BCUT2D eigenvalue weighted by atomic mass is 31.1. The van der Waals surface area contributed by atoms with Gasteiger partial charge in [-0.2, -0.15) is 4.52 Å². The van der Waals surface area contributed by atoms with Crippen molar-refractivity contribution in [2.75, 3.05) is 13.2 Å². The minimum Gasteiger partial charge on any atom is -0.396 e. The maximum atomic E-state index is 10.8. The van der Waals surface area contributed by atoms with Gasteiger partial charge in [0.1, 0.15) is 6.61 Å². The van der Waals surface area contributed by atoms with E-state index in [1.807, 2.05) is 0 Å². The molecule has 0 amide bonds. The van der Waals surface area contributed by atoms with Crippen LogP contribution in [0, 0.1) is 0 Å². The molecule has 0 fully saturated rings. The monoisotopic (exact) mass is 207 g/mol. The lowest BCUT2D eigenvalue weighted by atomic mass is 10.5. The van der Waals surface area contributed by atoms with Crippen LogP contribution < -0.4 is 0 Å². The van der Waals surface area contributed by atoms with Crippen LogP contribution in [0.2, 0.25) is 0 Å². The molecule has 0 saturated heterocycles. The van der Waals surface area contributed by atoms with E-state index in [0.717, 1.165) is 6.08 Å². The Morgan fingerprint density at radius 3 is 2.85 bits per heavy atom. The smallest absolute Gasteiger partial charge is 0.396 e. The molecule has 1 atom stereocenters. The van der Waals surface area contributed by atoms with Gasteiger partial charge >= 0.3 is 14.2 Å². The first-order chi connectivity index (χ1) is 6.20. The van der Waals surface area contributed by atoms with Crippen LogP contribution in [0.4, 0.5) is 0 Å². The summed E-state index contributed by atoms with van der Waals surface area (Å²) >= 11 is 0. The molecule has 0 spiro atoms. The molecule has 0 aliphatic rings. The van der Waals surface area contributed by atoms with Crippen molar-refractivity contribution in [1.29, 1.82) is 0 Å². The second-order valence-corrected chi connectivity index (χ2v) is 2.93. The molecule has 0 saturated carbocycles. The number of hydrogen-bond donors (Lipinski definition) is 1. The van der Waals surface area contributed by atoms with Crippen molar-refractivity contribution in [2.45, 2.75) is 13.3 Å². The van der Waals surface area contributed by atoms with E-state index >= 15 is 0 Å². The molecule has 6 heteroatoms. The molecule has 0 aromatic rings. The normalized spacial score (nSPS) is 11.7. The predicted molar refractivity (Wildman–Crippen MR) is 46.2 cm³/mol. The maximum absolute atomic E-state index is 10.8. The molecule has 0 rings (SSSR count). The lowest BCUT2D eigenvalue weighted by molar-refractivity contribution is -0.129. The zero-order valence-corrected chi connectivity index (χ0v) is 8.20. The van der Waals surface area contributed by atoms with Crippen LogP contribution in [0.25, 0.3) is 0 Å². The quantitative estimate of drug-likeness (QED) is 0.402. The van der Waals surface area contributed by atoms with Crippen molar-refractivity contribution in [3.05, 3.63) is 12.2 Å². The molecule has 0 bridgehead atoms. The van der Waals surface area contributed by atoms with Crippen LogP contribution in [0.1, 0.15) is 13.3 Å². The Morgan fingerprint density at radius 2 is 2.31 bits per heavy atom. The summed E-state index contributed by atoms with van der Waals surface area (Å²) in [6.45, 7) is 1.70. The summed E-state index contributed by atoms with van der Waals surface area (Å²) in [7, 11) is -2.41. The summed E-state index contributed by atoms with van der Waals surface area (Å²) < 4.78 is 19.7. The van der Waals surface area contributed by atoms with E-state index in [0.29, 0.717) is 6.42 Å². The molecule has 0 aromatic heterocycles. The molecule has 0 aliphatic heterocycles. The molecule has 0 heterocycles. The standard InChI is InChI=1S/C7H12O5P/c1-2-4-7(9)12-13(10)11-6-3-5-8/h2,4,8H,3,5-6H2,1H3/q+1. The highest BCUT2D eigenvalue weighted by Crippen LogP contribution is 2.23. The Balaban J connectivity index is 3.56. The zero-order valence-electron chi connectivity index (χ0n) is 7.30. The summed E-state index contributed by atoms with van der Waals surface area (Å²) in [5.41, 5.74) is 0. The van der Waals surface area contributed by atoms with Gasteiger partial charge in [0, 0.05) is 17.2 Å². The number of aliphatic hydroxyl groups is 1. The van der Waals surface area contributed by atoms with Gasteiger partial charge < -0.3 is 5.11 Å². The first-order valence-electron chi connectivity index (χ1n) is 3.76. The molecule has 1 unspecified atom stereocenters. The summed E-state index contributed by atoms with van der Waals surface area (Å²) in [6, 6.07) is 0. The van der Waals surface area contributed by atoms with Gasteiger partial charge in [0.15, 0.2) is 0 Å². The predicted octanol–water partition coefficient (Wildman–Crippen LogP) is 1.16. The first-order valence-corrected chi connectivity index (χ1v) is 4.86. The van der Waals surface area contributed by atoms with E-state index in [9.17, 15) is 9.36 Å². The average molecular weight is 207 g/mol. The van der Waals surface area contributed by atoms with Gasteiger partial charge in [-0.1, -0.05) is 6.08 Å². The average Bonchev–Trinajstić information content (AvgIpc) is 2.05. The third-order valence-electron chi connectivity index (χ3n) is 0.966. The fourth-order valence-corrected chi connectivity index (χ4v) is 1.01. The van der Waals surface area contributed by atoms with E-state index in [2.05, 4.69) is 9.05 Å². The first kappa shape index (κ1) is 12.2. The van der Waals surface area contributed by atoms with Crippen molar-refractivity contribution in [3.8, 4) is 0 Å². The Morgan fingerprint density at radius 1 is 1.62 bits per heavy atom. The van der Waals surface area contributed by atoms with E-state index < -0.39 is 14.2 Å². The number of allylic oxidation sites excluding steroid dienone is 1.